The largest absolute Gasteiger partial charge is 0.513 e. The number of hydrogen-bond donors (Lipinski definition) is 1. The third-order valence-electron chi connectivity index (χ3n) is 2.89. The Balaban J connectivity index is 2.32. The van der Waals surface area contributed by atoms with E-state index >= 15 is 0 Å². The Bertz CT molecular complexity index is 829. The second kappa shape index (κ2) is 5.06. The number of H-pyrrole nitrogens is 1. The highest BCUT2D eigenvalue weighted by atomic mass is 79.9. The SMILES string of the molecule is COC(=O)Oc1c(Br)cc2[nH]c3cnccc3c2c1Br. The van der Waals surface area contributed by atoms with E-state index in [0.29, 0.717) is 14.7 Å². The van der Waals surface area contributed by atoms with E-state index in [4.69, 9.17) is 4.74 Å². The standard InChI is InChI=1S/C13H8Br2N2O3/c1-19-13(18)20-12-7(14)4-8-10(11(12)15)6-2-3-16-5-9(6)17-8/h2-5,17H,1H3. The molecule has 0 radical (unpaired) electrons. The van der Waals surface area contributed by atoms with Gasteiger partial charge in [0, 0.05) is 22.5 Å². The lowest BCUT2D eigenvalue weighted by Crippen LogP contribution is -2.08. The zero-order valence-electron chi connectivity index (χ0n) is 10.2. The molecule has 0 aliphatic rings. The lowest BCUT2D eigenvalue weighted by Gasteiger charge is -2.08. The normalized spacial score (nSPS) is 10.9. The number of halogens is 2. The van der Waals surface area contributed by atoms with Crippen LogP contribution < -0.4 is 4.74 Å². The topological polar surface area (TPSA) is 64.2 Å². The number of fused-ring (bicyclic) bond motifs is 3. The van der Waals surface area contributed by atoms with Crippen LogP contribution in [-0.4, -0.2) is 23.2 Å². The van der Waals surface area contributed by atoms with Crippen LogP contribution in [0.1, 0.15) is 0 Å². The summed E-state index contributed by atoms with van der Waals surface area (Å²) in [4.78, 5) is 18.7. The number of carbonyl (C=O) groups is 1. The van der Waals surface area contributed by atoms with Gasteiger partial charge in [-0.3, -0.25) is 4.98 Å². The number of rotatable bonds is 1. The molecule has 0 saturated heterocycles. The molecule has 0 fully saturated rings. The number of aromatic nitrogens is 2. The summed E-state index contributed by atoms with van der Waals surface area (Å²) >= 11 is 6.87. The second-order valence-corrected chi connectivity index (χ2v) is 5.67. The number of pyridine rings is 1. The highest BCUT2D eigenvalue weighted by molar-refractivity contribution is 9.11. The Hall–Kier alpha value is -1.60. The molecule has 5 nitrogen and oxygen atoms in total. The minimum Gasteiger partial charge on any atom is -0.437 e. The lowest BCUT2D eigenvalue weighted by molar-refractivity contribution is 0.121. The van der Waals surface area contributed by atoms with Gasteiger partial charge in [0.2, 0.25) is 0 Å². The number of carbonyl (C=O) groups excluding carboxylic acids is 1. The van der Waals surface area contributed by atoms with Gasteiger partial charge in [0.25, 0.3) is 0 Å². The minimum atomic E-state index is -0.771. The molecular weight excluding hydrogens is 392 g/mol. The Kier molecular flexibility index (Phi) is 3.39. The lowest BCUT2D eigenvalue weighted by atomic mass is 10.2. The van der Waals surface area contributed by atoms with Crippen LogP contribution in [-0.2, 0) is 4.74 Å². The van der Waals surface area contributed by atoms with Gasteiger partial charge >= 0.3 is 6.16 Å². The van der Waals surface area contributed by atoms with Crippen LogP contribution in [0.25, 0.3) is 21.8 Å². The van der Waals surface area contributed by atoms with Crippen molar-refractivity contribution < 1.29 is 14.3 Å². The van der Waals surface area contributed by atoms with E-state index in [-0.39, 0.29) is 0 Å². The number of benzene rings is 1. The van der Waals surface area contributed by atoms with Gasteiger partial charge in [-0.25, -0.2) is 4.79 Å². The molecule has 1 aromatic carbocycles. The zero-order chi connectivity index (χ0) is 14.3. The van der Waals surface area contributed by atoms with E-state index in [2.05, 4.69) is 46.6 Å². The van der Waals surface area contributed by atoms with E-state index in [0.717, 1.165) is 21.8 Å². The Morgan fingerprint density at radius 3 is 2.90 bits per heavy atom. The van der Waals surface area contributed by atoms with Gasteiger partial charge in [0.15, 0.2) is 5.75 Å². The van der Waals surface area contributed by atoms with Gasteiger partial charge in [0.05, 0.1) is 27.8 Å². The zero-order valence-corrected chi connectivity index (χ0v) is 13.4. The first kappa shape index (κ1) is 13.4. The molecular formula is C13H8Br2N2O3. The van der Waals surface area contributed by atoms with Crippen molar-refractivity contribution in [3.05, 3.63) is 33.5 Å². The Morgan fingerprint density at radius 1 is 1.35 bits per heavy atom. The number of hydrogen-bond acceptors (Lipinski definition) is 4. The van der Waals surface area contributed by atoms with Gasteiger partial charge in [-0.05, 0) is 44.0 Å². The van der Waals surface area contributed by atoms with Crippen molar-refractivity contribution in [3.8, 4) is 5.75 Å². The van der Waals surface area contributed by atoms with Crippen LogP contribution in [0.2, 0.25) is 0 Å². The number of nitrogens with zero attached hydrogens (tertiary/aromatic N) is 1. The molecule has 1 N–H and O–H groups in total. The molecule has 20 heavy (non-hydrogen) atoms. The van der Waals surface area contributed by atoms with E-state index in [1.54, 1.807) is 12.4 Å². The van der Waals surface area contributed by atoms with Crippen molar-refractivity contribution in [2.75, 3.05) is 7.11 Å². The Labute approximate surface area is 130 Å². The molecule has 0 saturated carbocycles. The quantitative estimate of drug-likeness (QED) is 0.487. The van der Waals surface area contributed by atoms with Crippen molar-refractivity contribution in [1.29, 1.82) is 0 Å². The highest BCUT2D eigenvalue weighted by Crippen LogP contribution is 2.42. The van der Waals surface area contributed by atoms with Crippen molar-refractivity contribution in [3.63, 3.8) is 0 Å². The summed E-state index contributed by atoms with van der Waals surface area (Å²) in [5.41, 5.74) is 1.81. The summed E-state index contributed by atoms with van der Waals surface area (Å²) < 4.78 is 11.0. The Morgan fingerprint density at radius 2 is 2.15 bits per heavy atom. The third-order valence-corrected chi connectivity index (χ3v) is 4.23. The van der Waals surface area contributed by atoms with Gasteiger partial charge in [-0.2, -0.15) is 0 Å². The molecule has 2 heterocycles. The molecule has 7 heteroatoms. The summed E-state index contributed by atoms with van der Waals surface area (Å²) in [6.07, 6.45) is 2.69. The van der Waals surface area contributed by atoms with Crippen molar-refractivity contribution in [2.24, 2.45) is 0 Å². The minimum absolute atomic E-state index is 0.377. The summed E-state index contributed by atoms with van der Waals surface area (Å²) in [6, 6.07) is 3.74. The smallest absolute Gasteiger partial charge is 0.437 e. The molecule has 0 aliphatic carbocycles. The summed E-state index contributed by atoms with van der Waals surface area (Å²) in [6.45, 7) is 0. The highest BCUT2D eigenvalue weighted by Gasteiger charge is 2.18. The van der Waals surface area contributed by atoms with E-state index in [1.165, 1.54) is 7.11 Å². The van der Waals surface area contributed by atoms with E-state index in [1.807, 2.05) is 12.1 Å². The molecule has 0 bridgehead atoms. The maximum Gasteiger partial charge on any atom is 0.513 e. The van der Waals surface area contributed by atoms with Crippen LogP contribution >= 0.6 is 31.9 Å². The van der Waals surface area contributed by atoms with E-state index < -0.39 is 6.16 Å². The van der Waals surface area contributed by atoms with Gasteiger partial charge < -0.3 is 14.5 Å². The summed E-state index contributed by atoms with van der Waals surface area (Å²) in [5.74, 6) is 0.377. The van der Waals surface area contributed by atoms with Gasteiger partial charge in [-0.15, -0.1) is 0 Å². The first-order valence-electron chi connectivity index (χ1n) is 5.61. The van der Waals surface area contributed by atoms with Crippen LogP contribution in [0.3, 0.4) is 0 Å². The molecule has 102 valence electrons. The second-order valence-electron chi connectivity index (χ2n) is 4.03. The fraction of sp³-hybridized carbons (Fsp3) is 0.0769. The molecule has 3 rings (SSSR count). The van der Waals surface area contributed by atoms with Crippen LogP contribution in [0.5, 0.6) is 5.75 Å². The average molecular weight is 400 g/mol. The van der Waals surface area contributed by atoms with Gasteiger partial charge in [0.1, 0.15) is 0 Å². The predicted molar refractivity (Wildman–Crippen MR) is 82.0 cm³/mol. The first-order valence-corrected chi connectivity index (χ1v) is 7.19. The number of aromatic amines is 1. The molecule has 3 aromatic rings. The van der Waals surface area contributed by atoms with Crippen LogP contribution in [0.15, 0.2) is 33.5 Å². The molecule has 0 spiro atoms. The molecule has 0 unspecified atom stereocenters. The van der Waals surface area contributed by atoms with Crippen molar-refractivity contribution >= 4 is 59.8 Å². The van der Waals surface area contributed by atoms with Crippen LogP contribution in [0, 0.1) is 0 Å². The maximum atomic E-state index is 11.3. The summed E-state index contributed by atoms with van der Waals surface area (Å²) in [7, 11) is 1.26. The number of nitrogens with one attached hydrogen (secondary N) is 1. The maximum absolute atomic E-state index is 11.3. The average Bonchev–Trinajstić information content (AvgIpc) is 2.81. The fourth-order valence-electron chi connectivity index (χ4n) is 2.04. The molecule has 0 aliphatic heterocycles. The number of ether oxygens (including phenoxy) is 2. The predicted octanol–water partition coefficient (Wildman–Crippen LogP) is 4.39. The van der Waals surface area contributed by atoms with Crippen LogP contribution in [0.4, 0.5) is 4.79 Å². The number of methoxy groups -OCH3 is 1. The first-order chi connectivity index (χ1) is 9.61. The summed E-state index contributed by atoms with van der Waals surface area (Å²) in [5, 5.41) is 1.91. The van der Waals surface area contributed by atoms with E-state index in [9.17, 15) is 4.79 Å². The fourth-order valence-corrected chi connectivity index (χ4v) is 3.53. The molecule has 0 atom stereocenters. The van der Waals surface area contributed by atoms with Crippen molar-refractivity contribution in [1.82, 2.24) is 9.97 Å². The molecule has 2 aromatic heterocycles. The van der Waals surface area contributed by atoms with Gasteiger partial charge in [-0.1, -0.05) is 0 Å². The monoisotopic (exact) mass is 398 g/mol. The third kappa shape index (κ3) is 2.06. The molecule has 0 amide bonds. The van der Waals surface area contributed by atoms with Crippen molar-refractivity contribution in [2.45, 2.75) is 0 Å².